The third kappa shape index (κ3) is 3.77. The number of nitrogens with zero attached hydrogens (tertiary/aromatic N) is 1. The predicted octanol–water partition coefficient (Wildman–Crippen LogP) is 9.03. The summed E-state index contributed by atoms with van der Waals surface area (Å²) in [6.45, 7) is 0. The SMILES string of the molecule is c1ccc(-c2ccccc2N2c3cccc(c3)Nc3ccccc3Sc3ccccc32)cc1. The van der Waals surface area contributed by atoms with Crippen LogP contribution >= 0.6 is 11.8 Å². The summed E-state index contributed by atoms with van der Waals surface area (Å²) in [6, 6.07) is 45.1. The smallest absolute Gasteiger partial charge is 0.0601 e. The summed E-state index contributed by atoms with van der Waals surface area (Å²) in [5, 5.41) is 3.63. The Morgan fingerprint density at radius 1 is 0.545 bits per heavy atom. The Morgan fingerprint density at radius 3 is 2.12 bits per heavy atom. The van der Waals surface area contributed by atoms with E-state index < -0.39 is 0 Å². The van der Waals surface area contributed by atoms with E-state index in [9.17, 15) is 0 Å². The van der Waals surface area contributed by atoms with Gasteiger partial charge in [-0.2, -0.15) is 0 Å². The zero-order valence-corrected chi connectivity index (χ0v) is 18.8. The highest BCUT2D eigenvalue weighted by molar-refractivity contribution is 7.99. The van der Waals surface area contributed by atoms with Crippen molar-refractivity contribution in [3.05, 3.63) is 127 Å². The zero-order chi connectivity index (χ0) is 22.0. The number of fused-ring (bicyclic) bond motifs is 4. The fourth-order valence-corrected chi connectivity index (χ4v) is 5.35. The molecule has 5 aromatic carbocycles. The minimum Gasteiger partial charge on any atom is -0.355 e. The molecule has 0 saturated heterocycles. The van der Waals surface area contributed by atoms with E-state index in [0.29, 0.717) is 0 Å². The molecule has 0 radical (unpaired) electrons. The Hall–Kier alpha value is -3.95. The minimum absolute atomic E-state index is 1.07. The molecule has 0 saturated carbocycles. The van der Waals surface area contributed by atoms with Crippen LogP contribution in [0.15, 0.2) is 137 Å². The number of anilines is 5. The molecule has 0 atom stereocenters. The first kappa shape index (κ1) is 19.7. The van der Waals surface area contributed by atoms with Gasteiger partial charge >= 0.3 is 0 Å². The summed E-state index contributed by atoms with van der Waals surface area (Å²) in [6.07, 6.45) is 0. The van der Waals surface area contributed by atoms with Crippen molar-refractivity contribution in [1.29, 1.82) is 0 Å². The van der Waals surface area contributed by atoms with Crippen molar-refractivity contribution in [1.82, 2.24) is 0 Å². The molecule has 0 fully saturated rings. The third-order valence-electron chi connectivity index (χ3n) is 5.83. The van der Waals surface area contributed by atoms with E-state index >= 15 is 0 Å². The Balaban J connectivity index is 1.62. The lowest BCUT2D eigenvalue weighted by molar-refractivity contribution is 1.22. The van der Waals surface area contributed by atoms with E-state index in [0.717, 1.165) is 22.7 Å². The molecule has 0 unspecified atom stereocenters. The van der Waals surface area contributed by atoms with E-state index in [2.05, 4.69) is 138 Å². The molecular formula is C30H22N2S. The predicted molar refractivity (Wildman–Crippen MR) is 140 cm³/mol. The largest absolute Gasteiger partial charge is 0.355 e. The summed E-state index contributed by atoms with van der Waals surface area (Å²) in [7, 11) is 0. The van der Waals surface area contributed by atoms with Crippen LogP contribution < -0.4 is 10.2 Å². The van der Waals surface area contributed by atoms with Crippen LogP contribution in [0, 0.1) is 0 Å². The molecule has 0 spiro atoms. The summed E-state index contributed by atoms with van der Waals surface area (Å²) in [4.78, 5) is 4.79. The van der Waals surface area contributed by atoms with Crippen LogP contribution in [0.1, 0.15) is 0 Å². The van der Waals surface area contributed by atoms with E-state index in [1.807, 2.05) is 0 Å². The van der Waals surface area contributed by atoms with Gasteiger partial charge in [-0.25, -0.2) is 0 Å². The van der Waals surface area contributed by atoms with Crippen LogP contribution in [-0.2, 0) is 0 Å². The molecule has 6 rings (SSSR count). The summed E-state index contributed by atoms with van der Waals surface area (Å²) in [5.41, 5.74) is 8.04. The van der Waals surface area contributed by atoms with Crippen molar-refractivity contribution in [2.75, 3.05) is 10.2 Å². The normalized spacial score (nSPS) is 12.3. The molecule has 2 nitrogen and oxygen atoms in total. The van der Waals surface area contributed by atoms with Crippen molar-refractivity contribution < 1.29 is 0 Å². The standard InChI is InChI=1S/C30H22N2S/c1-2-11-22(12-3-1)25-15-4-6-17-27(25)32-24-14-10-13-23(21-24)31-26-16-5-8-19-29(26)33-30-20-9-7-18-28(30)32/h1-21,31H. The first-order valence-corrected chi connectivity index (χ1v) is 11.9. The van der Waals surface area contributed by atoms with Gasteiger partial charge in [0.1, 0.15) is 0 Å². The van der Waals surface area contributed by atoms with Crippen molar-refractivity contribution in [2.45, 2.75) is 9.79 Å². The van der Waals surface area contributed by atoms with Gasteiger partial charge in [0.05, 0.1) is 17.1 Å². The third-order valence-corrected chi connectivity index (χ3v) is 6.97. The van der Waals surface area contributed by atoms with Gasteiger partial charge in [0.25, 0.3) is 0 Å². The van der Waals surface area contributed by atoms with Gasteiger partial charge in [-0.15, -0.1) is 0 Å². The van der Waals surface area contributed by atoms with Crippen LogP contribution in [0.4, 0.5) is 28.4 Å². The second-order valence-electron chi connectivity index (χ2n) is 7.96. The van der Waals surface area contributed by atoms with Crippen molar-refractivity contribution in [2.24, 2.45) is 0 Å². The number of hydrogen-bond donors (Lipinski definition) is 1. The quantitative estimate of drug-likeness (QED) is 0.288. The van der Waals surface area contributed by atoms with Gasteiger partial charge in [0.15, 0.2) is 0 Å². The van der Waals surface area contributed by atoms with Crippen molar-refractivity contribution >= 4 is 40.2 Å². The zero-order valence-electron chi connectivity index (χ0n) is 18.0. The molecule has 33 heavy (non-hydrogen) atoms. The molecule has 1 aliphatic heterocycles. The Labute approximate surface area is 198 Å². The van der Waals surface area contributed by atoms with Crippen LogP contribution in [0.5, 0.6) is 0 Å². The fraction of sp³-hybridized carbons (Fsp3) is 0. The second-order valence-corrected chi connectivity index (χ2v) is 9.04. The highest BCUT2D eigenvalue weighted by atomic mass is 32.2. The molecule has 158 valence electrons. The van der Waals surface area contributed by atoms with E-state index in [1.54, 1.807) is 11.8 Å². The van der Waals surface area contributed by atoms with Gasteiger partial charge in [0, 0.05) is 26.7 Å². The molecule has 1 N–H and O–H groups in total. The highest BCUT2D eigenvalue weighted by Crippen LogP contribution is 2.48. The summed E-state index contributed by atoms with van der Waals surface area (Å²) < 4.78 is 0. The fourth-order valence-electron chi connectivity index (χ4n) is 4.32. The Bertz CT molecular complexity index is 1430. The molecule has 5 aromatic rings. The van der Waals surface area contributed by atoms with E-state index in [1.165, 1.54) is 26.6 Å². The lowest BCUT2D eigenvalue weighted by Gasteiger charge is -2.30. The molecule has 0 aromatic heterocycles. The minimum atomic E-state index is 1.07. The first-order chi connectivity index (χ1) is 16.4. The molecule has 0 amide bonds. The summed E-state index contributed by atoms with van der Waals surface area (Å²) >= 11 is 1.80. The number of para-hydroxylation sites is 3. The topological polar surface area (TPSA) is 15.3 Å². The van der Waals surface area contributed by atoms with Gasteiger partial charge in [-0.05, 0) is 54.1 Å². The average molecular weight is 443 g/mol. The molecule has 0 aliphatic carbocycles. The lowest BCUT2D eigenvalue weighted by atomic mass is 10.0. The maximum atomic E-state index is 3.63. The van der Waals surface area contributed by atoms with Gasteiger partial charge in [-0.3, -0.25) is 0 Å². The van der Waals surface area contributed by atoms with Crippen molar-refractivity contribution in [3.8, 4) is 11.1 Å². The molecule has 3 heteroatoms. The summed E-state index contributed by atoms with van der Waals surface area (Å²) in [5.74, 6) is 0. The van der Waals surface area contributed by atoms with Crippen LogP contribution in [0.25, 0.3) is 11.1 Å². The highest BCUT2D eigenvalue weighted by Gasteiger charge is 2.21. The number of rotatable bonds is 2. The molecular weight excluding hydrogens is 420 g/mol. The van der Waals surface area contributed by atoms with Crippen LogP contribution in [-0.4, -0.2) is 0 Å². The number of nitrogens with one attached hydrogen (secondary N) is 1. The average Bonchev–Trinajstić information content (AvgIpc) is 2.87. The number of hydrogen-bond acceptors (Lipinski definition) is 3. The Morgan fingerprint density at radius 2 is 1.24 bits per heavy atom. The second kappa shape index (κ2) is 8.53. The maximum Gasteiger partial charge on any atom is 0.0601 e. The lowest BCUT2D eigenvalue weighted by Crippen LogP contribution is -2.13. The van der Waals surface area contributed by atoms with Gasteiger partial charge < -0.3 is 10.2 Å². The van der Waals surface area contributed by atoms with Gasteiger partial charge in [0.2, 0.25) is 0 Å². The van der Waals surface area contributed by atoms with Crippen LogP contribution in [0.3, 0.4) is 0 Å². The Kier molecular flexibility index (Phi) is 5.10. The molecule has 1 aliphatic rings. The van der Waals surface area contributed by atoms with E-state index in [-0.39, 0.29) is 0 Å². The monoisotopic (exact) mass is 442 g/mol. The van der Waals surface area contributed by atoms with Gasteiger partial charge in [-0.1, -0.05) is 90.6 Å². The molecule has 1 heterocycles. The van der Waals surface area contributed by atoms with Crippen molar-refractivity contribution in [3.63, 3.8) is 0 Å². The first-order valence-electron chi connectivity index (χ1n) is 11.0. The maximum absolute atomic E-state index is 3.63. The van der Waals surface area contributed by atoms with Crippen LogP contribution in [0.2, 0.25) is 0 Å². The van der Waals surface area contributed by atoms with E-state index in [4.69, 9.17) is 0 Å². The molecule has 2 bridgehead atoms. The number of benzene rings is 5.